The molecule has 0 saturated carbocycles. The predicted molar refractivity (Wildman–Crippen MR) is 141 cm³/mol. The Bertz CT molecular complexity index is 1640. The third kappa shape index (κ3) is 5.38. The first-order chi connectivity index (χ1) is 17.3. The van der Waals surface area contributed by atoms with Gasteiger partial charge < -0.3 is 5.11 Å². The lowest BCUT2D eigenvalue weighted by Gasteiger charge is -2.21. The minimum atomic E-state index is -4.28. The number of anilines is 1. The van der Waals surface area contributed by atoms with E-state index in [1.54, 1.807) is 5.51 Å². The van der Waals surface area contributed by atoms with E-state index in [0.29, 0.717) is 11.3 Å². The highest BCUT2D eigenvalue weighted by Crippen LogP contribution is 2.35. The topological polar surface area (TPSA) is 173 Å². The zero-order valence-corrected chi connectivity index (χ0v) is 22.9. The highest BCUT2D eigenvalue weighted by atomic mass is 32.2. The Morgan fingerprint density at radius 1 is 1.22 bits per heavy atom. The van der Waals surface area contributed by atoms with Gasteiger partial charge in [0.2, 0.25) is 10.0 Å². The Balaban J connectivity index is 1.87. The van der Waals surface area contributed by atoms with E-state index in [4.69, 9.17) is 0 Å². The summed E-state index contributed by atoms with van der Waals surface area (Å²) in [6, 6.07) is 3.84. The minimum Gasteiger partial charge on any atom is -0.505 e. The zero-order chi connectivity index (χ0) is 27.1. The van der Waals surface area contributed by atoms with Gasteiger partial charge in [-0.05, 0) is 44.4 Å². The summed E-state index contributed by atoms with van der Waals surface area (Å²) in [6.45, 7) is 7.20. The van der Waals surface area contributed by atoms with Gasteiger partial charge in [-0.1, -0.05) is 13.8 Å². The van der Waals surface area contributed by atoms with Gasteiger partial charge in [-0.15, -0.1) is 11.3 Å². The summed E-state index contributed by atoms with van der Waals surface area (Å²) < 4.78 is 56.5. The van der Waals surface area contributed by atoms with E-state index < -0.39 is 36.6 Å². The number of rotatable bonds is 8. The Kier molecular flexibility index (Phi) is 7.14. The van der Waals surface area contributed by atoms with Crippen LogP contribution in [0.25, 0.3) is 10.6 Å². The predicted octanol–water partition coefficient (Wildman–Crippen LogP) is 2.64. The number of sulfonamides is 2. The molecule has 2 aromatic heterocycles. The molecule has 198 valence electrons. The van der Waals surface area contributed by atoms with E-state index in [1.165, 1.54) is 48.2 Å². The van der Waals surface area contributed by atoms with Gasteiger partial charge in [0.1, 0.15) is 16.2 Å². The average molecular weight is 567 g/mol. The van der Waals surface area contributed by atoms with Crippen LogP contribution in [0.15, 0.2) is 44.6 Å². The van der Waals surface area contributed by atoms with Gasteiger partial charge in [-0.25, -0.2) is 26.5 Å². The first-order valence-electron chi connectivity index (χ1n) is 11.3. The lowest BCUT2D eigenvalue weighted by Crippen LogP contribution is -2.39. The molecule has 0 atom stereocenters. The monoisotopic (exact) mass is 566 g/mol. The number of thiazole rings is 1. The molecule has 1 aliphatic heterocycles. The molecule has 15 heteroatoms. The average Bonchev–Trinajstić information content (AvgIpc) is 3.33. The summed E-state index contributed by atoms with van der Waals surface area (Å²) in [5, 5.41) is 14.6. The molecule has 3 aromatic rings. The summed E-state index contributed by atoms with van der Waals surface area (Å²) >= 11 is 1.20. The maximum atomic E-state index is 13.4. The van der Waals surface area contributed by atoms with Gasteiger partial charge >= 0.3 is 0 Å². The second kappa shape index (κ2) is 9.87. The molecular formula is C22H26N6O6S3. The molecule has 37 heavy (non-hydrogen) atoms. The third-order valence-corrected chi connectivity index (χ3v) is 9.45. The van der Waals surface area contributed by atoms with Gasteiger partial charge in [-0.2, -0.15) is 5.10 Å². The molecule has 0 amide bonds. The van der Waals surface area contributed by atoms with Crippen molar-refractivity contribution >= 4 is 48.6 Å². The Hall–Kier alpha value is -3.30. The number of aliphatic imine (C=N–C) groups is 1. The molecule has 12 nitrogen and oxygen atoms in total. The van der Waals surface area contributed by atoms with Crippen molar-refractivity contribution in [2.24, 2.45) is 10.9 Å². The molecule has 0 radical (unpaired) electrons. The van der Waals surface area contributed by atoms with Crippen LogP contribution in [0.3, 0.4) is 0 Å². The fraction of sp³-hybridized carbons (Fsp3) is 0.364. The lowest BCUT2D eigenvalue weighted by molar-refractivity contribution is 0.444. The van der Waals surface area contributed by atoms with Gasteiger partial charge in [0.15, 0.2) is 11.6 Å². The maximum Gasteiger partial charge on any atom is 0.281 e. The number of hydrogen-bond donors (Lipinski definition) is 3. The number of benzene rings is 1. The fourth-order valence-corrected chi connectivity index (χ4v) is 5.89. The quantitative estimate of drug-likeness (QED) is 0.373. The molecule has 0 saturated heterocycles. The molecule has 1 aromatic carbocycles. The van der Waals surface area contributed by atoms with Crippen LogP contribution in [-0.2, 0) is 26.6 Å². The maximum absolute atomic E-state index is 13.4. The number of aryl methyl sites for hydroxylation is 1. The summed E-state index contributed by atoms with van der Waals surface area (Å²) in [5.74, 6) is -0.629. The van der Waals surface area contributed by atoms with Crippen molar-refractivity contribution in [3.8, 4) is 16.3 Å². The van der Waals surface area contributed by atoms with Crippen molar-refractivity contribution in [2.75, 3.05) is 4.72 Å². The minimum absolute atomic E-state index is 0.0232. The highest BCUT2D eigenvalue weighted by molar-refractivity contribution is 7.93. The summed E-state index contributed by atoms with van der Waals surface area (Å²) in [6.07, 6.45) is 2.10. The van der Waals surface area contributed by atoms with Crippen molar-refractivity contribution < 1.29 is 21.9 Å². The standard InChI is InChI=1S/C22H26N6O6S3/c1-12(2)7-8-28-22(30)18(20(29)19(25-28)16-10-23-11-35-16)21-24-15-6-5-14(26-36(31,32)13(3)4)9-17(15)37(33,34)27-21/h5-6,9-13,26,29H,7-8H2,1-4H3,(H,24,27). The van der Waals surface area contributed by atoms with Crippen LogP contribution in [0.4, 0.5) is 11.4 Å². The van der Waals surface area contributed by atoms with Crippen LogP contribution in [0.1, 0.15) is 39.7 Å². The molecule has 0 fully saturated rings. The van der Waals surface area contributed by atoms with Crippen LogP contribution in [0.2, 0.25) is 0 Å². The second-order valence-electron chi connectivity index (χ2n) is 9.09. The van der Waals surface area contributed by atoms with Gasteiger partial charge in [0, 0.05) is 18.4 Å². The Morgan fingerprint density at radius 3 is 2.57 bits per heavy atom. The lowest BCUT2D eigenvalue weighted by atomic mass is 10.1. The highest BCUT2D eigenvalue weighted by Gasteiger charge is 2.32. The van der Waals surface area contributed by atoms with Crippen LogP contribution >= 0.6 is 11.3 Å². The SMILES string of the molecule is CC(C)CCn1nc(-c2cncs2)c(O)c(C2=Nc3ccc(NS(=O)(=O)C(C)C)cc3S(=O)(=O)N2)c1=O. The third-order valence-electron chi connectivity index (χ3n) is 5.54. The molecule has 3 heterocycles. The van der Waals surface area contributed by atoms with E-state index in [2.05, 4.69) is 24.5 Å². The number of nitrogens with zero attached hydrogens (tertiary/aromatic N) is 4. The van der Waals surface area contributed by atoms with Crippen LogP contribution in [-0.4, -0.2) is 47.8 Å². The number of nitrogens with one attached hydrogen (secondary N) is 2. The molecule has 4 rings (SSSR count). The smallest absolute Gasteiger partial charge is 0.281 e. The van der Waals surface area contributed by atoms with Crippen LogP contribution in [0, 0.1) is 5.92 Å². The van der Waals surface area contributed by atoms with E-state index in [0.717, 1.165) is 6.07 Å². The number of fused-ring (bicyclic) bond motifs is 1. The van der Waals surface area contributed by atoms with Crippen molar-refractivity contribution in [1.82, 2.24) is 19.5 Å². The second-order valence-corrected chi connectivity index (χ2v) is 13.9. The molecule has 0 spiro atoms. The molecule has 3 N–H and O–H groups in total. The Labute approximate surface area is 218 Å². The zero-order valence-electron chi connectivity index (χ0n) is 20.5. The van der Waals surface area contributed by atoms with Gasteiger partial charge in [0.05, 0.1) is 21.3 Å². The van der Waals surface area contributed by atoms with Gasteiger partial charge in [0.25, 0.3) is 15.6 Å². The van der Waals surface area contributed by atoms with Crippen molar-refractivity contribution in [3.63, 3.8) is 0 Å². The summed E-state index contributed by atoms with van der Waals surface area (Å²) in [7, 11) is -7.99. The van der Waals surface area contributed by atoms with Crippen LogP contribution < -0.4 is 15.0 Å². The fourth-order valence-electron chi connectivity index (χ4n) is 3.41. The van der Waals surface area contributed by atoms with E-state index in [-0.39, 0.29) is 45.8 Å². The van der Waals surface area contributed by atoms with E-state index in [9.17, 15) is 26.7 Å². The number of hydrogen-bond acceptors (Lipinski definition) is 10. The van der Waals surface area contributed by atoms with Gasteiger partial charge in [-0.3, -0.25) is 19.2 Å². The van der Waals surface area contributed by atoms with Crippen molar-refractivity contribution in [1.29, 1.82) is 0 Å². The van der Waals surface area contributed by atoms with Crippen molar-refractivity contribution in [2.45, 2.75) is 50.8 Å². The first-order valence-corrected chi connectivity index (χ1v) is 15.2. The van der Waals surface area contributed by atoms with E-state index >= 15 is 0 Å². The number of amidine groups is 1. The summed E-state index contributed by atoms with van der Waals surface area (Å²) in [5.41, 5.74) is 0.587. The molecule has 1 aliphatic rings. The molecule has 0 aliphatic carbocycles. The Morgan fingerprint density at radius 2 is 1.95 bits per heavy atom. The number of aromatic nitrogens is 3. The molecule has 0 bridgehead atoms. The largest absolute Gasteiger partial charge is 0.505 e. The normalized spacial score (nSPS) is 14.8. The first kappa shape index (κ1) is 26.8. The molecule has 0 unspecified atom stereocenters. The van der Waals surface area contributed by atoms with Crippen LogP contribution in [0.5, 0.6) is 5.75 Å². The van der Waals surface area contributed by atoms with Crippen molar-refractivity contribution in [3.05, 3.63) is 45.8 Å². The van der Waals surface area contributed by atoms with E-state index in [1.807, 2.05) is 13.8 Å². The molecular weight excluding hydrogens is 540 g/mol. The number of aromatic hydroxyl groups is 1. The summed E-state index contributed by atoms with van der Waals surface area (Å²) in [4.78, 5) is 21.9.